The van der Waals surface area contributed by atoms with Gasteiger partial charge in [0.15, 0.2) is 0 Å². The van der Waals surface area contributed by atoms with Crippen LogP contribution in [0.3, 0.4) is 0 Å². The van der Waals surface area contributed by atoms with E-state index in [0.29, 0.717) is 12.5 Å². The van der Waals surface area contributed by atoms with Crippen molar-refractivity contribution in [1.82, 2.24) is 5.32 Å². The lowest BCUT2D eigenvalue weighted by molar-refractivity contribution is 0.0525. The van der Waals surface area contributed by atoms with Crippen LogP contribution < -0.4 is 5.32 Å². The van der Waals surface area contributed by atoms with E-state index in [-0.39, 0.29) is 6.09 Å². The average molecular weight is 200 g/mol. The molecule has 0 spiro atoms. The SMILES string of the molecule is [CH2]CC(C)CCNC(=O)OC(C)(C)C. The molecule has 0 aliphatic rings. The highest BCUT2D eigenvalue weighted by Gasteiger charge is 2.15. The Morgan fingerprint density at radius 3 is 2.50 bits per heavy atom. The summed E-state index contributed by atoms with van der Waals surface area (Å²) in [5, 5.41) is 2.72. The molecule has 3 heteroatoms. The normalized spacial score (nSPS) is 13.5. The Balaban J connectivity index is 3.55. The molecule has 0 heterocycles. The summed E-state index contributed by atoms with van der Waals surface area (Å²) in [6.45, 7) is 12.1. The quantitative estimate of drug-likeness (QED) is 0.757. The third-order valence-corrected chi connectivity index (χ3v) is 1.80. The Kier molecular flexibility index (Phi) is 5.58. The first-order chi connectivity index (χ1) is 6.35. The lowest BCUT2D eigenvalue weighted by Crippen LogP contribution is -2.33. The van der Waals surface area contributed by atoms with Crippen LogP contribution in [-0.2, 0) is 4.74 Å². The van der Waals surface area contributed by atoms with Crippen molar-refractivity contribution in [3.05, 3.63) is 6.92 Å². The summed E-state index contributed by atoms with van der Waals surface area (Å²) in [5.41, 5.74) is -0.415. The molecule has 1 atom stereocenters. The molecule has 83 valence electrons. The van der Waals surface area contributed by atoms with E-state index in [4.69, 9.17) is 4.74 Å². The maximum Gasteiger partial charge on any atom is 0.407 e. The molecule has 0 saturated carbocycles. The molecule has 3 nitrogen and oxygen atoms in total. The van der Waals surface area contributed by atoms with Crippen molar-refractivity contribution in [2.24, 2.45) is 5.92 Å². The predicted octanol–water partition coefficient (Wildman–Crippen LogP) is 2.76. The van der Waals surface area contributed by atoms with Gasteiger partial charge in [0.1, 0.15) is 5.60 Å². The van der Waals surface area contributed by atoms with Crippen LogP contribution in [0.1, 0.15) is 40.5 Å². The Morgan fingerprint density at radius 1 is 1.50 bits per heavy atom. The van der Waals surface area contributed by atoms with Gasteiger partial charge in [0.2, 0.25) is 0 Å². The van der Waals surface area contributed by atoms with E-state index in [0.717, 1.165) is 12.8 Å². The number of rotatable bonds is 4. The van der Waals surface area contributed by atoms with Crippen LogP contribution in [0.15, 0.2) is 0 Å². The van der Waals surface area contributed by atoms with Gasteiger partial charge < -0.3 is 10.1 Å². The van der Waals surface area contributed by atoms with Gasteiger partial charge in [-0.05, 0) is 33.1 Å². The summed E-state index contributed by atoms with van der Waals surface area (Å²) in [7, 11) is 0. The summed E-state index contributed by atoms with van der Waals surface area (Å²) >= 11 is 0. The van der Waals surface area contributed by atoms with Crippen LogP contribution in [0, 0.1) is 12.8 Å². The van der Waals surface area contributed by atoms with Crippen molar-refractivity contribution in [3.8, 4) is 0 Å². The Labute approximate surface area is 87.2 Å². The molecule has 0 aromatic rings. The van der Waals surface area contributed by atoms with E-state index in [9.17, 15) is 4.79 Å². The minimum Gasteiger partial charge on any atom is -0.444 e. The van der Waals surface area contributed by atoms with Crippen LogP contribution in [-0.4, -0.2) is 18.2 Å². The summed E-state index contributed by atoms with van der Waals surface area (Å²) < 4.78 is 5.09. The van der Waals surface area contributed by atoms with Gasteiger partial charge in [0.05, 0.1) is 0 Å². The molecule has 1 unspecified atom stereocenters. The van der Waals surface area contributed by atoms with E-state index < -0.39 is 5.60 Å². The van der Waals surface area contributed by atoms with E-state index >= 15 is 0 Å². The van der Waals surface area contributed by atoms with Crippen molar-refractivity contribution < 1.29 is 9.53 Å². The highest BCUT2D eigenvalue weighted by Crippen LogP contribution is 2.07. The zero-order valence-electron chi connectivity index (χ0n) is 9.72. The zero-order chi connectivity index (χ0) is 11.2. The number of ether oxygens (including phenoxy) is 1. The standard InChI is InChI=1S/C11H22NO2/c1-6-9(2)7-8-12-10(13)14-11(3,4)5/h9H,1,6-8H2,2-5H3,(H,12,13). The van der Waals surface area contributed by atoms with Crippen molar-refractivity contribution in [2.75, 3.05) is 6.54 Å². The topological polar surface area (TPSA) is 38.3 Å². The molecule has 0 aliphatic carbocycles. The van der Waals surface area contributed by atoms with Crippen LogP contribution in [0.2, 0.25) is 0 Å². The average Bonchev–Trinajstić information content (AvgIpc) is 2.00. The zero-order valence-corrected chi connectivity index (χ0v) is 9.72. The van der Waals surface area contributed by atoms with Crippen LogP contribution in [0.25, 0.3) is 0 Å². The van der Waals surface area contributed by atoms with Gasteiger partial charge >= 0.3 is 6.09 Å². The molecular weight excluding hydrogens is 178 g/mol. The number of hydrogen-bond acceptors (Lipinski definition) is 2. The molecule has 0 fully saturated rings. The lowest BCUT2D eigenvalue weighted by Gasteiger charge is -2.20. The second-order valence-electron chi connectivity index (χ2n) is 4.61. The first-order valence-electron chi connectivity index (χ1n) is 5.11. The highest BCUT2D eigenvalue weighted by atomic mass is 16.6. The largest absolute Gasteiger partial charge is 0.444 e. The summed E-state index contributed by atoms with van der Waals surface area (Å²) in [6.07, 6.45) is 1.51. The highest BCUT2D eigenvalue weighted by molar-refractivity contribution is 5.67. The minimum atomic E-state index is -0.415. The van der Waals surface area contributed by atoms with Crippen LogP contribution >= 0.6 is 0 Å². The second-order valence-corrected chi connectivity index (χ2v) is 4.61. The Bertz CT molecular complexity index is 173. The van der Waals surface area contributed by atoms with Gasteiger partial charge in [0, 0.05) is 6.54 Å². The molecule has 0 aromatic carbocycles. The Hall–Kier alpha value is -0.730. The molecule has 0 bridgehead atoms. The van der Waals surface area contributed by atoms with Gasteiger partial charge in [-0.15, -0.1) is 0 Å². The number of nitrogens with one attached hydrogen (secondary N) is 1. The van der Waals surface area contributed by atoms with E-state index in [2.05, 4.69) is 19.2 Å². The summed E-state index contributed by atoms with van der Waals surface area (Å²) in [6, 6.07) is 0. The van der Waals surface area contributed by atoms with E-state index in [1.807, 2.05) is 20.8 Å². The number of carbonyl (C=O) groups is 1. The predicted molar refractivity (Wildman–Crippen MR) is 58.0 cm³/mol. The molecule has 14 heavy (non-hydrogen) atoms. The fraction of sp³-hybridized carbons (Fsp3) is 0.818. The minimum absolute atomic E-state index is 0.339. The smallest absolute Gasteiger partial charge is 0.407 e. The summed E-state index contributed by atoms with van der Waals surface area (Å²) in [5.74, 6) is 0.546. The third kappa shape index (κ3) is 7.90. The molecule has 0 saturated heterocycles. The van der Waals surface area contributed by atoms with Gasteiger partial charge in [-0.1, -0.05) is 20.3 Å². The van der Waals surface area contributed by atoms with Crippen LogP contribution in [0.5, 0.6) is 0 Å². The molecule has 1 N–H and O–H groups in total. The van der Waals surface area contributed by atoms with Crippen molar-refractivity contribution in [1.29, 1.82) is 0 Å². The maximum absolute atomic E-state index is 11.2. The lowest BCUT2D eigenvalue weighted by atomic mass is 10.1. The van der Waals surface area contributed by atoms with Crippen molar-refractivity contribution >= 4 is 6.09 Å². The fourth-order valence-corrected chi connectivity index (χ4v) is 0.879. The molecule has 0 rings (SSSR count). The van der Waals surface area contributed by atoms with Gasteiger partial charge in [-0.25, -0.2) is 4.79 Å². The number of amides is 1. The molecule has 1 radical (unpaired) electrons. The first kappa shape index (κ1) is 13.3. The number of alkyl carbamates (subject to hydrolysis) is 1. The van der Waals surface area contributed by atoms with E-state index in [1.54, 1.807) is 0 Å². The molecular formula is C11H22NO2. The first-order valence-corrected chi connectivity index (χ1v) is 5.11. The van der Waals surface area contributed by atoms with Gasteiger partial charge in [-0.2, -0.15) is 0 Å². The van der Waals surface area contributed by atoms with Crippen LogP contribution in [0.4, 0.5) is 4.79 Å². The molecule has 1 amide bonds. The molecule has 0 aromatic heterocycles. The van der Waals surface area contributed by atoms with Crippen molar-refractivity contribution in [2.45, 2.75) is 46.1 Å². The van der Waals surface area contributed by atoms with Gasteiger partial charge in [-0.3, -0.25) is 0 Å². The second kappa shape index (κ2) is 5.89. The Morgan fingerprint density at radius 2 is 2.07 bits per heavy atom. The fourth-order valence-electron chi connectivity index (χ4n) is 0.879. The third-order valence-electron chi connectivity index (χ3n) is 1.80. The molecule has 0 aliphatic heterocycles. The van der Waals surface area contributed by atoms with Gasteiger partial charge in [0.25, 0.3) is 0 Å². The number of carbonyl (C=O) groups excluding carboxylic acids is 1. The van der Waals surface area contributed by atoms with Crippen molar-refractivity contribution in [3.63, 3.8) is 0 Å². The monoisotopic (exact) mass is 200 g/mol. The van der Waals surface area contributed by atoms with E-state index in [1.165, 1.54) is 0 Å². The summed E-state index contributed by atoms with van der Waals surface area (Å²) in [4.78, 5) is 11.2. The maximum atomic E-state index is 11.2. The number of hydrogen-bond donors (Lipinski definition) is 1.